The number of anilines is 2. The Bertz CT molecular complexity index is 5220. The molecule has 0 bridgehead atoms. The van der Waals surface area contributed by atoms with Crippen LogP contribution < -0.4 is 24.9 Å². The number of pyridine rings is 2. The molecule has 0 spiro atoms. The van der Waals surface area contributed by atoms with E-state index in [1.165, 1.54) is 13.2 Å². The van der Waals surface area contributed by atoms with Crippen LogP contribution in [0.1, 0.15) is 41.5 Å². The van der Waals surface area contributed by atoms with E-state index in [0.29, 0.717) is 101 Å². The number of fused-ring (bicyclic) bond motifs is 4. The van der Waals surface area contributed by atoms with Gasteiger partial charge in [0.2, 0.25) is 0 Å². The van der Waals surface area contributed by atoms with E-state index >= 15 is 0 Å². The zero-order valence-electron chi connectivity index (χ0n) is 70.9. The van der Waals surface area contributed by atoms with Crippen LogP contribution in [-0.2, 0) is 28.4 Å². The van der Waals surface area contributed by atoms with Crippen molar-refractivity contribution in [1.82, 2.24) is 48.3 Å². The van der Waals surface area contributed by atoms with Crippen molar-refractivity contribution in [3.05, 3.63) is 176 Å². The molecule has 4 aromatic carbocycles. The summed E-state index contributed by atoms with van der Waals surface area (Å²) in [5.74, 6) is 2.79. The quantitative estimate of drug-likeness (QED) is 0.0184. The van der Waals surface area contributed by atoms with Crippen molar-refractivity contribution < 1.29 is 57.5 Å². The Hall–Kier alpha value is -9.38. The second kappa shape index (κ2) is 38.4. The van der Waals surface area contributed by atoms with Gasteiger partial charge in [0.1, 0.15) is 66.4 Å². The normalized spacial score (nSPS) is 12.2. The third-order valence-electron chi connectivity index (χ3n) is 18.5. The van der Waals surface area contributed by atoms with Crippen molar-refractivity contribution in [1.29, 1.82) is 0 Å². The standard InChI is InChI=1S/C43H56N6O5Si2.C29H40ClN5O2Si2.C14H18BNO5/c1-43(2,3)54-42(50)48-38-19-17-34(51-4)24-33(38)25-39(48)37-26-40(47(29-52-20-22-55(5,6)7)30-53-21-23-56(8,9)10)49-41(46-37)35(28-45-49)32-16-18-36(44-27-32)31-14-12-11-13-15-31;1-38(2,3)16-14-36-21-34(22-37-15-17-39(4,5)6)28-18-27(30)33-29-25(20-32-35(28)29)24-12-13-26(31-19-24)23-10-8-7-9-11-23;1-14(2,3)21-13(17)16-11-6-5-10(20-4)7-9(11)8-12(16)15(18)19/h11-19,24-28H,20-23,29-30H2,1-10H3;7-13,18-20H,14-17,21-22H2,1-6H3;5-8,18-19H,1-4H3. The molecule has 0 saturated carbocycles. The SMILES string of the molecule is COc1ccc2c(c1)cc(-c1cc(N(COCC[Si](C)(C)C)COCC[Si](C)(C)C)n3ncc(-c4ccc(-c5ccccc5)nc4)c3n1)n2C(=O)OC(C)(C)C.COc1ccc2c(c1)cc(B(O)O)n2C(=O)OC(C)(C)C.C[Si](C)(C)CCOCN(COCC[Si](C)(C)C)c1cc(Cl)nc2c(-c3ccc(-c4ccccc4)nc3)cnn12. The monoisotopic (exact) mass is 1660 g/mol. The Morgan fingerprint density at radius 3 is 1.22 bits per heavy atom. The summed E-state index contributed by atoms with van der Waals surface area (Å²) in [7, 11) is -3.68. The molecule has 0 radical (unpaired) electrons. The predicted octanol–water partition coefficient (Wildman–Crippen LogP) is 19.0. The van der Waals surface area contributed by atoms with Crippen LogP contribution in [0.4, 0.5) is 21.2 Å². The molecule has 0 atom stereocenters. The number of ether oxygens (including phenoxy) is 8. The number of rotatable bonds is 30. The van der Waals surface area contributed by atoms with Gasteiger partial charge in [0.05, 0.1) is 66.0 Å². The van der Waals surface area contributed by atoms with Gasteiger partial charge in [-0.1, -0.05) is 163 Å². The zero-order chi connectivity index (χ0) is 84.1. The van der Waals surface area contributed by atoms with Gasteiger partial charge in [0.25, 0.3) is 0 Å². The van der Waals surface area contributed by atoms with E-state index in [4.69, 9.17) is 69.7 Å². The lowest BCUT2D eigenvalue weighted by molar-refractivity contribution is 0.0536. The smallest absolute Gasteiger partial charge is 0.497 e. The second-order valence-electron chi connectivity index (χ2n) is 35.5. The van der Waals surface area contributed by atoms with Gasteiger partial charge in [-0.25, -0.2) is 24.1 Å². The Balaban J connectivity index is 0.000000204. The number of methoxy groups -OCH3 is 2. The number of hydrogen-bond donors (Lipinski definition) is 2. The largest absolute Gasteiger partial charge is 0.506 e. The minimum absolute atomic E-state index is 0.0486. The summed E-state index contributed by atoms with van der Waals surface area (Å²) in [6, 6.07) is 50.6. The highest BCUT2D eigenvalue weighted by Crippen LogP contribution is 2.37. The molecule has 8 aromatic heterocycles. The van der Waals surface area contributed by atoms with E-state index in [0.717, 1.165) is 84.7 Å². The highest BCUT2D eigenvalue weighted by atomic mass is 35.5. The molecule has 30 heteroatoms. The zero-order valence-corrected chi connectivity index (χ0v) is 75.7. The fourth-order valence-corrected chi connectivity index (χ4v) is 15.3. The lowest BCUT2D eigenvalue weighted by Crippen LogP contribution is -2.40. The number of hydrogen-bond acceptors (Lipinski definition) is 20. The summed E-state index contributed by atoms with van der Waals surface area (Å²) in [6.45, 7) is 43.1. The summed E-state index contributed by atoms with van der Waals surface area (Å²) in [5.41, 5.74) is 9.56. The van der Waals surface area contributed by atoms with Gasteiger partial charge in [0, 0.05) is 127 Å². The van der Waals surface area contributed by atoms with Gasteiger partial charge < -0.3 is 57.7 Å². The molecule has 0 saturated heterocycles. The van der Waals surface area contributed by atoms with E-state index in [2.05, 4.69) is 106 Å². The maximum atomic E-state index is 14.1. The van der Waals surface area contributed by atoms with E-state index in [1.54, 1.807) is 50.6 Å². The van der Waals surface area contributed by atoms with Crippen LogP contribution in [0.25, 0.3) is 89.3 Å². The molecule has 616 valence electrons. The average molecular weight is 1670 g/mol. The molecule has 2 N–H and O–H groups in total. The Morgan fingerprint density at radius 1 is 0.448 bits per heavy atom. The van der Waals surface area contributed by atoms with Crippen LogP contribution in [0, 0.1) is 0 Å². The second-order valence-corrected chi connectivity index (χ2v) is 58.4. The highest BCUT2D eigenvalue weighted by molar-refractivity contribution is 6.77. The van der Waals surface area contributed by atoms with Crippen LogP contribution in [0.3, 0.4) is 0 Å². The number of carbonyl (C=O) groups excluding carboxylic acids is 2. The number of nitrogens with zero attached hydrogens (tertiary/aromatic N) is 12. The van der Waals surface area contributed by atoms with Gasteiger partial charge in [-0.2, -0.15) is 19.2 Å². The molecule has 12 rings (SSSR count). The van der Waals surface area contributed by atoms with Crippen molar-refractivity contribution >= 4 is 114 Å². The summed E-state index contributed by atoms with van der Waals surface area (Å²) in [6.07, 6.45) is 6.18. The molecule has 0 aliphatic heterocycles. The molecule has 24 nitrogen and oxygen atoms in total. The summed E-state index contributed by atoms with van der Waals surface area (Å²) in [5, 5.41) is 30.4. The van der Waals surface area contributed by atoms with Crippen molar-refractivity contribution in [3.8, 4) is 67.7 Å². The predicted molar refractivity (Wildman–Crippen MR) is 478 cm³/mol. The van der Waals surface area contributed by atoms with E-state index in [9.17, 15) is 19.6 Å². The third kappa shape index (κ3) is 24.8. The van der Waals surface area contributed by atoms with Gasteiger partial charge in [-0.3, -0.25) is 14.5 Å². The number of carbonyl (C=O) groups is 2. The van der Waals surface area contributed by atoms with Crippen LogP contribution >= 0.6 is 11.6 Å². The fraction of sp³-hybridized carbons (Fsp3) is 0.395. The van der Waals surface area contributed by atoms with Gasteiger partial charge in [0.15, 0.2) is 11.3 Å². The first-order chi connectivity index (χ1) is 54.7. The van der Waals surface area contributed by atoms with E-state index in [-0.39, 0.29) is 19.1 Å². The summed E-state index contributed by atoms with van der Waals surface area (Å²) >= 11 is 6.57. The number of halogens is 1. The number of aromatic nitrogens is 10. The maximum absolute atomic E-state index is 14.1. The minimum Gasteiger partial charge on any atom is -0.497 e. The number of benzene rings is 4. The van der Waals surface area contributed by atoms with Gasteiger partial charge >= 0.3 is 19.3 Å². The van der Waals surface area contributed by atoms with Crippen LogP contribution in [-0.4, -0.2) is 189 Å². The molecular weight excluding hydrogens is 1550 g/mol. The first-order valence-electron chi connectivity index (χ1n) is 39.2. The molecule has 0 aliphatic carbocycles. The molecule has 12 aromatic rings. The van der Waals surface area contributed by atoms with E-state index < -0.39 is 62.8 Å². The first-order valence-corrected chi connectivity index (χ1v) is 54.4. The van der Waals surface area contributed by atoms with Gasteiger partial charge in [-0.05, 0) is 126 Å². The summed E-state index contributed by atoms with van der Waals surface area (Å²) < 4.78 is 53.4. The van der Waals surface area contributed by atoms with Crippen molar-refractivity contribution in [2.45, 2.75) is 155 Å². The molecule has 0 fully saturated rings. The van der Waals surface area contributed by atoms with Crippen LogP contribution in [0.15, 0.2) is 170 Å². The maximum Gasteiger partial charge on any atom is 0.506 e. The molecule has 0 amide bonds. The minimum atomic E-state index is -1.78. The Labute approximate surface area is 691 Å². The fourth-order valence-electron chi connectivity index (χ4n) is 12.1. The van der Waals surface area contributed by atoms with Crippen molar-refractivity contribution in [3.63, 3.8) is 0 Å². The van der Waals surface area contributed by atoms with Gasteiger partial charge in [-0.15, -0.1) is 0 Å². The van der Waals surface area contributed by atoms with Crippen molar-refractivity contribution in [2.24, 2.45) is 0 Å². The highest BCUT2D eigenvalue weighted by Gasteiger charge is 2.31. The van der Waals surface area contributed by atoms with Crippen molar-refractivity contribution in [2.75, 3.05) is 77.4 Å². The van der Waals surface area contributed by atoms with Crippen LogP contribution in [0.2, 0.25) is 108 Å². The molecule has 8 heterocycles. The summed E-state index contributed by atoms with van der Waals surface area (Å²) in [4.78, 5) is 49.9. The molecule has 116 heavy (non-hydrogen) atoms. The molecular formula is C86H114BClN12O12Si4. The molecule has 0 aliphatic rings. The average Bonchev–Trinajstić information content (AvgIpc) is 1.59. The third-order valence-corrected chi connectivity index (χ3v) is 25.5. The lowest BCUT2D eigenvalue weighted by Gasteiger charge is -2.27. The topological polar surface area (TPSA) is 251 Å². The molecule has 0 unspecified atom stereocenters. The first kappa shape index (κ1) is 89.0. The Kier molecular flexibility index (Phi) is 29.4. The lowest BCUT2D eigenvalue weighted by atomic mass is 9.86. The Morgan fingerprint density at radius 2 is 0.836 bits per heavy atom. The van der Waals surface area contributed by atoms with E-state index in [1.807, 2.05) is 169 Å². The van der Waals surface area contributed by atoms with Crippen LogP contribution in [0.5, 0.6) is 11.5 Å².